The van der Waals surface area contributed by atoms with Crippen molar-refractivity contribution in [1.82, 2.24) is 0 Å². The van der Waals surface area contributed by atoms with Gasteiger partial charge in [-0.05, 0) is 48.8 Å². The highest BCUT2D eigenvalue weighted by Gasteiger charge is 2.16. The van der Waals surface area contributed by atoms with Crippen LogP contribution in [0.3, 0.4) is 0 Å². The van der Waals surface area contributed by atoms with Crippen molar-refractivity contribution in [2.45, 2.75) is 25.7 Å². The zero-order chi connectivity index (χ0) is 13.2. The van der Waals surface area contributed by atoms with Crippen molar-refractivity contribution in [2.75, 3.05) is 0 Å². The van der Waals surface area contributed by atoms with Gasteiger partial charge in [-0.3, -0.25) is 0 Å². The number of rotatable bonds is 4. The second-order valence-electron chi connectivity index (χ2n) is 5.28. The van der Waals surface area contributed by atoms with Crippen molar-refractivity contribution in [2.24, 2.45) is 5.73 Å². The van der Waals surface area contributed by atoms with Gasteiger partial charge in [0.25, 0.3) is 0 Å². The van der Waals surface area contributed by atoms with Gasteiger partial charge in [-0.2, -0.15) is 0 Å². The van der Waals surface area contributed by atoms with E-state index < -0.39 is 8.32 Å². The van der Waals surface area contributed by atoms with E-state index in [-0.39, 0.29) is 18.4 Å². The molecule has 1 atom stereocenters. The molecule has 104 valence electrons. The van der Waals surface area contributed by atoms with Gasteiger partial charge in [0.2, 0.25) is 8.32 Å². The normalized spacial score (nSPS) is 12.6. The SMILES string of the molecule is C[Si](C)(C)Oc1ccc([C@@H](N)c2cccs2)cc1.Cl. The molecule has 0 aliphatic rings. The van der Waals surface area contributed by atoms with Gasteiger partial charge >= 0.3 is 0 Å². The van der Waals surface area contributed by atoms with Crippen LogP contribution in [0.1, 0.15) is 16.5 Å². The molecule has 0 saturated heterocycles. The molecular formula is C14H20ClNOSSi. The largest absolute Gasteiger partial charge is 0.544 e. The van der Waals surface area contributed by atoms with Gasteiger partial charge in [0.15, 0.2) is 0 Å². The van der Waals surface area contributed by atoms with E-state index in [9.17, 15) is 0 Å². The second kappa shape index (κ2) is 6.57. The van der Waals surface area contributed by atoms with Gasteiger partial charge in [0, 0.05) is 4.88 Å². The Labute approximate surface area is 126 Å². The molecule has 0 aliphatic carbocycles. The van der Waals surface area contributed by atoms with Crippen LogP contribution in [0.25, 0.3) is 0 Å². The average molecular weight is 314 g/mol. The standard InChI is InChI=1S/C14H19NOSSi.ClH/c1-18(2,3)16-12-8-6-11(7-9-12)14(15)13-5-4-10-17-13;/h4-10,14H,15H2,1-3H3;1H/t14-;/m1./s1. The fourth-order valence-electron chi connectivity index (χ4n) is 1.73. The quantitative estimate of drug-likeness (QED) is 0.847. The zero-order valence-corrected chi connectivity index (χ0v) is 14.1. The van der Waals surface area contributed by atoms with E-state index in [1.165, 1.54) is 4.88 Å². The molecule has 2 nitrogen and oxygen atoms in total. The van der Waals surface area contributed by atoms with Crippen LogP contribution in [-0.4, -0.2) is 8.32 Å². The van der Waals surface area contributed by atoms with E-state index >= 15 is 0 Å². The van der Waals surface area contributed by atoms with Gasteiger partial charge in [0.05, 0.1) is 6.04 Å². The summed E-state index contributed by atoms with van der Waals surface area (Å²) >= 11 is 1.69. The Morgan fingerprint density at radius 2 is 1.74 bits per heavy atom. The van der Waals surface area contributed by atoms with E-state index in [2.05, 4.69) is 43.2 Å². The molecule has 0 spiro atoms. The number of thiophene rings is 1. The number of nitrogens with two attached hydrogens (primary N) is 1. The second-order valence-corrected chi connectivity index (χ2v) is 10.7. The molecule has 1 aromatic heterocycles. The summed E-state index contributed by atoms with van der Waals surface area (Å²) in [6.07, 6.45) is 0. The first-order valence-electron chi connectivity index (χ1n) is 6.04. The van der Waals surface area contributed by atoms with Crippen molar-refractivity contribution < 1.29 is 4.43 Å². The third kappa shape index (κ3) is 4.65. The van der Waals surface area contributed by atoms with Crippen LogP contribution in [0, 0.1) is 0 Å². The van der Waals surface area contributed by atoms with E-state index in [1.807, 2.05) is 18.2 Å². The number of hydrogen-bond acceptors (Lipinski definition) is 3. The van der Waals surface area contributed by atoms with E-state index in [0.717, 1.165) is 11.3 Å². The fourth-order valence-corrected chi connectivity index (χ4v) is 3.33. The summed E-state index contributed by atoms with van der Waals surface area (Å²) in [5.41, 5.74) is 7.34. The predicted molar refractivity (Wildman–Crippen MR) is 88.0 cm³/mol. The lowest BCUT2D eigenvalue weighted by Gasteiger charge is -2.19. The van der Waals surface area contributed by atoms with Gasteiger partial charge in [-0.1, -0.05) is 18.2 Å². The topological polar surface area (TPSA) is 35.2 Å². The third-order valence-electron chi connectivity index (χ3n) is 2.51. The Bertz CT molecular complexity index is 493. The maximum Gasteiger partial charge on any atom is 0.242 e. The molecule has 1 aromatic carbocycles. The summed E-state index contributed by atoms with van der Waals surface area (Å²) in [7, 11) is -1.52. The van der Waals surface area contributed by atoms with E-state index in [4.69, 9.17) is 10.2 Å². The zero-order valence-electron chi connectivity index (χ0n) is 11.4. The van der Waals surface area contributed by atoms with Gasteiger partial charge in [0.1, 0.15) is 5.75 Å². The van der Waals surface area contributed by atoms with Gasteiger partial charge < -0.3 is 10.2 Å². The first-order chi connectivity index (χ1) is 8.46. The van der Waals surface area contributed by atoms with Crippen molar-refractivity contribution in [3.05, 3.63) is 52.2 Å². The van der Waals surface area contributed by atoms with Crippen LogP contribution in [0.5, 0.6) is 5.75 Å². The highest BCUT2D eigenvalue weighted by atomic mass is 35.5. The smallest absolute Gasteiger partial charge is 0.242 e. The van der Waals surface area contributed by atoms with Crippen LogP contribution >= 0.6 is 23.7 Å². The third-order valence-corrected chi connectivity index (χ3v) is 4.32. The molecule has 0 saturated carbocycles. The maximum atomic E-state index is 6.22. The number of halogens is 1. The maximum absolute atomic E-state index is 6.22. The van der Waals surface area contributed by atoms with Crippen LogP contribution in [0.4, 0.5) is 0 Å². The molecule has 0 radical (unpaired) electrons. The van der Waals surface area contributed by atoms with Crippen LogP contribution in [-0.2, 0) is 0 Å². The first-order valence-corrected chi connectivity index (χ1v) is 10.3. The lowest BCUT2D eigenvalue weighted by Crippen LogP contribution is -2.29. The Kier molecular flexibility index (Phi) is 5.61. The summed E-state index contributed by atoms with van der Waals surface area (Å²) in [4.78, 5) is 1.19. The van der Waals surface area contributed by atoms with Crippen molar-refractivity contribution in [1.29, 1.82) is 0 Å². The Hall–Kier alpha value is -0.813. The summed E-state index contributed by atoms with van der Waals surface area (Å²) in [6.45, 7) is 6.54. The lowest BCUT2D eigenvalue weighted by molar-refractivity contribution is 0.557. The molecular weight excluding hydrogens is 294 g/mol. The van der Waals surface area contributed by atoms with Crippen LogP contribution < -0.4 is 10.2 Å². The highest BCUT2D eigenvalue weighted by molar-refractivity contribution is 7.10. The molecule has 2 aromatic rings. The fraction of sp³-hybridized carbons (Fsp3) is 0.286. The molecule has 0 fully saturated rings. The minimum atomic E-state index is -1.52. The van der Waals surface area contributed by atoms with E-state index in [0.29, 0.717) is 0 Å². The van der Waals surface area contributed by atoms with Crippen LogP contribution in [0.15, 0.2) is 41.8 Å². The van der Waals surface area contributed by atoms with E-state index in [1.54, 1.807) is 11.3 Å². The monoisotopic (exact) mass is 313 g/mol. The molecule has 5 heteroatoms. The molecule has 0 aliphatic heterocycles. The molecule has 2 N–H and O–H groups in total. The van der Waals surface area contributed by atoms with Crippen LogP contribution in [0.2, 0.25) is 19.6 Å². The molecule has 1 heterocycles. The van der Waals surface area contributed by atoms with Gasteiger partial charge in [-0.25, -0.2) is 0 Å². The molecule has 19 heavy (non-hydrogen) atoms. The summed E-state index contributed by atoms with van der Waals surface area (Å²) < 4.78 is 5.93. The molecule has 2 rings (SSSR count). The first kappa shape index (κ1) is 16.2. The summed E-state index contributed by atoms with van der Waals surface area (Å²) in [6, 6.07) is 12.2. The van der Waals surface area contributed by atoms with Crippen molar-refractivity contribution >= 4 is 32.1 Å². The Balaban J connectivity index is 0.00000180. The highest BCUT2D eigenvalue weighted by Crippen LogP contribution is 2.25. The predicted octanol–water partition coefficient (Wildman–Crippen LogP) is 4.43. The molecule has 0 amide bonds. The summed E-state index contributed by atoms with van der Waals surface area (Å²) in [5, 5.41) is 2.05. The Morgan fingerprint density at radius 1 is 1.11 bits per heavy atom. The number of hydrogen-bond donors (Lipinski definition) is 1. The number of benzene rings is 1. The van der Waals surface area contributed by atoms with Crippen molar-refractivity contribution in [3.63, 3.8) is 0 Å². The average Bonchev–Trinajstić information content (AvgIpc) is 2.80. The minimum absolute atomic E-state index is 0. The van der Waals surface area contributed by atoms with Gasteiger partial charge in [-0.15, -0.1) is 23.7 Å². The minimum Gasteiger partial charge on any atom is -0.544 e. The molecule has 0 unspecified atom stereocenters. The molecule has 0 bridgehead atoms. The Morgan fingerprint density at radius 3 is 2.21 bits per heavy atom. The van der Waals surface area contributed by atoms with Crippen molar-refractivity contribution in [3.8, 4) is 5.75 Å². The lowest BCUT2D eigenvalue weighted by atomic mass is 10.1. The summed E-state index contributed by atoms with van der Waals surface area (Å²) in [5.74, 6) is 0.941.